The zero-order chi connectivity index (χ0) is 16.2. The maximum Gasteiger partial charge on any atom is 0.127 e. The molecule has 0 spiro atoms. The standard InChI is InChI=1S/C16H20Cl2N4O/c1-21-4-3-20-16(21)15-11-19-2-5-22(15)6-7-23-14-9-12(17)8-13(18)10-14/h3-4,8-10,15,19H,2,5-7,11H2,1H3. The van der Waals surface area contributed by atoms with Gasteiger partial charge in [0.25, 0.3) is 0 Å². The predicted molar refractivity (Wildman–Crippen MR) is 92.3 cm³/mol. The number of rotatable bonds is 5. The molecule has 2 aromatic rings. The lowest BCUT2D eigenvalue weighted by molar-refractivity contribution is 0.127. The molecule has 1 N–H and O–H groups in total. The summed E-state index contributed by atoms with van der Waals surface area (Å²) in [6.07, 6.45) is 3.82. The summed E-state index contributed by atoms with van der Waals surface area (Å²) in [5.74, 6) is 1.77. The second kappa shape index (κ2) is 7.53. The molecule has 0 radical (unpaired) electrons. The second-order valence-electron chi connectivity index (χ2n) is 5.61. The number of ether oxygens (including phenoxy) is 1. The number of piperazine rings is 1. The van der Waals surface area contributed by atoms with Crippen LogP contribution in [0.15, 0.2) is 30.6 Å². The number of hydrogen-bond donors (Lipinski definition) is 1. The quantitative estimate of drug-likeness (QED) is 0.896. The highest BCUT2D eigenvalue weighted by atomic mass is 35.5. The van der Waals surface area contributed by atoms with Gasteiger partial charge in [-0.15, -0.1) is 0 Å². The van der Waals surface area contributed by atoms with E-state index < -0.39 is 0 Å². The molecule has 1 aromatic heterocycles. The SMILES string of the molecule is Cn1ccnc1C1CNCCN1CCOc1cc(Cl)cc(Cl)c1. The Morgan fingerprint density at radius 2 is 2.09 bits per heavy atom. The van der Waals surface area contributed by atoms with Crippen LogP contribution in [0.5, 0.6) is 5.75 Å². The van der Waals surface area contributed by atoms with Gasteiger partial charge in [-0.2, -0.15) is 0 Å². The highest BCUT2D eigenvalue weighted by Gasteiger charge is 2.26. The molecule has 7 heteroatoms. The summed E-state index contributed by atoms with van der Waals surface area (Å²) in [6.45, 7) is 4.25. The van der Waals surface area contributed by atoms with Crippen LogP contribution in [-0.4, -0.2) is 47.2 Å². The molecule has 1 aromatic carbocycles. The first-order valence-corrected chi connectivity index (χ1v) is 8.40. The summed E-state index contributed by atoms with van der Waals surface area (Å²) in [4.78, 5) is 6.88. The Kier molecular flexibility index (Phi) is 5.43. The monoisotopic (exact) mass is 354 g/mol. The third kappa shape index (κ3) is 4.18. The molecule has 1 aliphatic rings. The molecule has 1 unspecified atom stereocenters. The summed E-state index contributed by atoms with van der Waals surface area (Å²) in [5, 5.41) is 4.60. The predicted octanol–water partition coefficient (Wildman–Crippen LogP) is 2.75. The molecule has 1 fully saturated rings. The van der Waals surface area contributed by atoms with E-state index in [1.54, 1.807) is 18.2 Å². The average Bonchev–Trinajstić information content (AvgIpc) is 2.93. The number of nitrogens with one attached hydrogen (secondary N) is 1. The fourth-order valence-electron chi connectivity index (χ4n) is 2.86. The van der Waals surface area contributed by atoms with E-state index in [-0.39, 0.29) is 6.04 Å². The lowest BCUT2D eigenvalue weighted by Gasteiger charge is -2.35. The molecular formula is C16H20Cl2N4O. The number of hydrogen-bond acceptors (Lipinski definition) is 4. The molecule has 5 nitrogen and oxygen atoms in total. The fraction of sp³-hybridized carbons (Fsp3) is 0.438. The van der Waals surface area contributed by atoms with E-state index in [4.69, 9.17) is 27.9 Å². The van der Waals surface area contributed by atoms with Gasteiger partial charge in [-0.05, 0) is 18.2 Å². The van der Waals surface area contributed by atoms with Gasteiger partial charge >= 0.3 is 0 Å². The molecule has 3 rings (SSSR count). The minimum Gasteiger partial charge on any atom is -0.492 e. The van der Waals surface area contributed by atoms with E-state index in [1.165, 1.54) is 0 Å². The Morgan fingerprint density at radius 1 is 1.30 bits per heavy atom. The largest absolute Gasteiger partial charge is 0.492 e. The molecule has 1 atom stereocenters. The van der Waals surface area contributed by atoms with Crippen LogP contribution in [0.3, 0.4) is 0 Å². The Morgan fingerprint density at radius 3 is 2.78 bits per heavy atom. The molecule has 1 aliphatic heterocycles. The van der Waals surface area contributed by atoms with Crippen molar-refractivity contribution in [3.8, 4) is 5.75 Å². The number of halogens is 2. The van der Waals surface area contributed by atoms with Crippen molar-refractivity contribution >= 4 is 23.2 Å². The molecule has 0 saturated carbocycles. The molecule has 0 aliphatic carbocycles. The van der Waals surface area contributed by atoms with E-state index in [0.717, 1.165) is 32.0 Å². The zero-order valence-corrected chi connectivity index (χ0v) is 14.5. The number of nitrogens with zero attached hydrogens (tertiary/aromatic N) is 3. The van der Waals surface area contributed by atoms with E-state index >= 15 is 0 Å². The maximum atomic E-state index is 5.99. The van der Waals surface area contributed by atoms with Gasteiger partial charge in [0, 0.05) is 55.7 Å². The van der Waals surface area contributed by atoms with Crippen LogP contribution in [-0.2, 0) is 7.05 Å². The van der Waals surface area contributed by atoms with Crippen LogP contribution < -0.4 is 10.1 Å². The van der Waals surface area contributed by atoms with Crippen LogP contribution in [0.1, 0.15) is 11.9 Å². The Balaban J connectivity index is 1.60. The first kappa shape index (κ1) is 16.6. The molecular weight excluding hydrogens is 335 g/mol. The molecule has 2 heterocycles. The summed E-state index contributed by atoms with van der Waals surface area (Å²) in [7, 11) is 2.03. The number of imidazole rings is 1. The topological polar surface area (TPSA) is 42.3 Å². The van der Waals surface area contributed by atoms with Crippen molar-refractivity contribution in [1.29, 1.82) is 0 Å². The zero-order valence-electron chi connectivity index (χ0n) is 13.0. The normalized spacial score (nSPS) is 19.0. The van der Waals surface area contributed by atoms with Gasteiger partial charge in [0.2, 0.25) is 0 Å². The summed E-state index contributed by atoms with van der Waals surface area (Å²) in [5.41, 5.74) is 0. The molecule has 0 amide bonds. The smallest absolute Gasteiger partial charge is 0.127 e. The van der Waals surface area contributed by atoms with Crippen LogP contribution >= 0.6 is 23.2 Å². The lowest BCUT2D eigenvalue weighted by Crippen LogP contribution is -2.48. The van der Waals surface area contributed by atoms with E-state index in [2.05, 4.69) is 19.8 Å². The summed E-state index contributed by atoms with van der Waals surface area (Å²) >= 11 is 12.0. The van der Waals surface area contributed by atoms with Crippen molar-refractivity contribution in [1.82, 2.24) is 19.8 Å². The van der Waals surface area contributed by atoms with Gasteiger partial charge in [-0.3, -0.25) is 4.90 Å². The number of aryl methyl sites for hydroxylation is 1. The van der Waals surface area contributed by atoms with Crippen LogP contribution in [0, 0.1) is 0 Å². The van der Waals surface area contributed by atoms with Crippen molar-refractivity contribution in [2.24, 2.45) is 7.05 Å². The number of aromatic nitrogens is 2. The first-order chi connectivity index (χ1) is 11.1. The Bertz CT molecular complexity index is 641. The van der Waals surface area contributed by atoms with Crippen molar-refractivity contribution in [2.75, 3.05) is 32.8 Å². The summed E-state index contributed by atoms with van der Waals surface area (Å²) < 4.78 is 7.88. The third-order valence-corrected chi connectivity index (χ3v) is 4.43. The first-order valence-electron chi connectivity index (χ1n) is 7.64. The van der Waals surface area contributed by atoms with Crippen LogP contribution in [0.2, 0.25) is 10.0 Å². The highest BCUT2D eigenvalue weighted by Crippen LogP contribution is 2.24. The Hall–Kier alpha value is -1.27. The minimum absolute atomic E-state index is 0.260. The second-order valence-corrected chi connectivity index (χ2v) is 6.48. The molecule has 124 valence electrons. The third-order valence-electron chi connectivity index (χ3n) is 3.99. The van der Waals surface area contributed by atoms with E-state index in [0.29, 0.717) is 22.4 Å². The van der Waals surface area contributed by atoms with Crippen molar-refractivity contribution in [3.05, 3.63) is 46.5 Å². The summed E-state index contributed by atoms with van der Waals surface area (Å²) in [6, 6.07) is 5.52. The van der Waals surface area contributed by atoms with Crippen LogP contribution in [0.4, 0.5) is 0 Å². The van der Waals surface area contributed by atoms with Gasteiger partial charge < -0.3 is 14.6 Å². The van der Waals surface area contributed by atoms with Gasteiger partial charge in [0.1, 0.15) is 18.2 Å². The lowest BCUT2D eigenvalue weighted by atomic mass is 10.2. The van der Waals surface area contributed by atoms with E-state index in [9.17, 15) is 0 Å². The van der Waals surface area contributed by atoms with Crippen molar-refractivity contribution in [3.63, 3.8) is 0 Å². The van der Waals surface area contributed by atoms with Gasteiger partial charge in [0.05, 0.1) is 6.04 Å². The minimum atomic E-state index is 0.260. The fourth-order valence-corrected chi connectivity index (χ4v) is 3.37. The van der Waals surface area contributed by atoms with Crippen molar-refractivity contribution in [2.45, 2.75) is 6.04 Å². The molecule has 0 bridgehead atoms. The number of benzene rings is 1. The van der Waals surface area contributed by atoms with E-state index in [1.807, 2.05) is 19.4 Å². The average molecular weight is 355 g/mol. The van der Waals surface area contributed by atoms with Gasteiger partial charge in [0.15, 0.2) is 0 Å². The molecule has 1 saturated heterocycles. The van der Waals surface area contributed by atoms with Gasteiger partial charge in [-0.25, -0.2) is 4.98 Å². The van der Waals surface area contributed by atoms with Crippen molar-refractivity contribution < 1.29 is 4.74 Å². The maximum absolute atomic E-state index is 5.99. The Labute approximate surface area is 146 Å². The van der Waals surface area contributed by atoms with Crippen LogP contribution in [0.25, 0.3) is 0 Å². The van der Waals surface area contributed by atoms with Gasteiger partial charge in [-0.1, -0.05) is 23.2 Å². The molecule has 23 heavy (non-hydrogen) atoms. The highest BCUT2D eigenvalue weighted by molar-refractivity contribution is 6.34.